The van der Waals surface area contributed by atoms with E-state index >= 15 is 0 Å². The van der Waals surface area contributed by atoms with E-state index in [1.165, 1.54) is 11.1 Å². The van der Waals surface area contributed by atoms with E-state index in [0.29, 0.717) is 60.5 Å². The maximum atomic E-state index is 13.8. The summed E-state index contributed by atoms with van der Waals surface area (Å²) in [5.74, 6) is 1.30. The van der Waals surface area contributed by atoms with E-state index in [1.807, 2.05) is 18.2 Å². The molecule has 2 N–H and O–H groups in total. The second-order valence-electron chi connectivity index (χ2n) is 12.4. The van der Waals surface area contributed by atoms with Crippen LogP contribution < -0.4 is 5.32 Å². The molecule has 1 aromatic carbocycles. The number of ketones is 1. The van der Waals surface area contributed by atoms with Crippen LogP contribution in [0.2, 0.25) is 0 Å². The first-order chi connectivity index (χ1) is 18.6. The first kappa shape index (κ1) is 29.5. The van der Waals surface area contributed by atoms with Gasteiger partial charge < -0.3 is 10.4 Å². The highest BCUT2D eigenvalue weighted by atomic mass is 32.2. The second kappa shape index (κ2) is 12.4. The molecule has 4 rings (SSSR count). The number of rotatable bonds is 10. The predicted molar refractivity (Wildman–Crippen MR) is 162 cm³/mol. The Morgan fingerprint density at radius 1 is 1.21 bits per heavy atom. The van der Waals surface area contributed by atoms with E-state index in [-0.39, 0.29) is 22.4 Å². The van der Waals surface area contributed by atoms with E-state index < -0.39 is 10.8 Å². The van der Waals surface area contributed by atoms with E-state index in [2.05, 4.69) is 49.8 Å². The van der Waals surface area contributed by atoms with Crippen molar-refractivity contribution in [2.24, 2.45) is 27.7 Å². The van der Waals surface area contributed by atoms with E-state index in [9.17, 15) is 14.1 Å². The Morgan fingerprint density at radius 2 is 1.95 bits per heavy atom. The number of aliphatic hydroxyl groups excluding tert-OH is 1. The van der Waals surface area contributed by atoms with E-state index in [4.69, 9.17) is 0 Å². The first-order valence-corrected chi connectivity index (χ1v) is 16.3. The number of aliphatic hydroxyl groups is 1. The number of hydrogen-bond donors (Lipinski definition) is 2. The van der Waals surface area contributed by atoms with Crippen LogP contribution in [-0.4, -0.2) is 45.9 Å². The van der Waals surface area contributed by atoms with Gasteiger partial charge in [0.05, 0.1) is 5.70 Å². The summed E-state index contributed by atoms with van der Waals surface area (Å²) in [7, 11) is -0.887. The molecule has 3 aliphatic carbocycles. The fraction of sp³-hybridized carbons (Fsp3) is 0.576. The highest BCUT2D eigenvalue weighted by Gasteiger charge is 2.54. The van der Waals surface area contributed by atoms with Crippen molar-refractivity contribution >= 4 is 22.3 Å². The minimum atomic E-state index is -0.887. The lowest BCUT2D eigenvalue weighted by Gasteiger charge is -2.59. The van der Waals surface area contributed by atoms with Gasteiger partial charge in [0.1, 0.15) is 11.5 Å². The molecule has 2 fully saturated rings. The molecule has 0 bridgehead atoms. The van der Waals surface area contributed by atoms with Gasteiger partial charge in [0.15, 0.2) is 0 Å². The molecule has 39 heavy (non-hydrogen) atoms. The number of carbonyl (C=O) groups is 1. The van der Waals surface area contributed by atoms with Crippen LogP contribution in [0.4, 0.5) is 0 Å². The van der Waals surface area contributed by atoms with Gasteiger partial charge >= 0.3 is 0 Å². The summed E-state index contributed by atoms with van der Waals surface area (Å²) in [5.41, 5.74) is 3.94. The van der Waals surface area contributed by atoms with Gasteiger partial charge in [-0.25, -0.2) is 0 Å². The van der Waals surface area contributed by atoms with Crippen LogP contribution in [-0.2, 0) is 22.0 Å². The third-order valence-electron chi connectivity index (χ3n) is 9.90. The average Bonchev–Trinajstić information content (AvgIpc) is 2.91. The quantitative estimate of drug-likeness (QED) is 0.198. The Hall–Kier alpha value is -2.47. The number of nitrogens with one attached hydrogen (secondary N) is 1. The Morgan fingerprint density at radius 3 is 2.67 bits per heavy atom. The third-order valence-corrected chi connectivity index (χ3v) is 10.8. The molecular weight excluding hydrogens is 504 g/mol. The number of nitrogens with zero attached hydrogens (tertiary/aromatic N) is 1. The number of benzene rings is 1. The number of hydrogen-bond acceptors (Lipinski definition) is 5. The molecule has 5 atom stereocenters. The van der Waals surface area contributed by atoms with Crippen molar-refractivity contribution in [3.63, 3.8) is 0 Å². The second-order valence-corrected chi connectivity index (χ2v) is 13.9. The fourth-order valence-electron chi connectivity index (χ4n) is 7.21. The zero-order valence-electron chi connectivity index (χ0n) is 24.2. The largest absolute Gasteiger partial charge is 0.505 e. The lowest BCUT2D eigenvalue weighted by Crippen LogP contribution is -2.51. The third kappa shape index (κ3) is 6.32. The van der Waals surface area contributed by atoms with Crippen molar-refractivity contribution in [2.75, 3.05) is 25.1 Å². The molecule has 2 saturated carbocycles. The van der Waals surface area contributed by atoms with Crippen molar-refractivity contribution in [1.29, 1.82) is 0 Å². The van der Waals surface area contributed by atoms with Gasteiger partial charge in [-0.2, -0.15) is 0 Å². The number of allylic oxidation sites excluding steroid dienone is 3. The van der Waals surface area contributed by atoms with Crippen LogP contribution in [0.3, 0.4) is 0 Å². The molecule has 6 heteroatoms. The van der Waals surface area contributed by atoms with Crippen molar-refractivity contribution in [3.8, 4) is 0 Å². The minimum Gasteiger partial charge on any atom is -0.505 e. The summed E-state index contributed by atoms with van der Waals surface area (Å²) in [6.07, 6.45) is 11.0. The fourth-order valence-corrected chi connectivity index (χ4v) is 7.75. The summed E-state index contributed by atoms with van der Waals surface area (Å²) in [6, 6.07) is 10.2. The molecule has 0 amide bonds. The predicted octanol–water partition coefficient (Wildman–Crippen LogP) is 6.50. The zero-order valence-corrected chi connectivity index (χ0v) is 25.0. The van der Waals surface area contributed by atoms with E-state index in [0.717, 1.165) is 38.5 Å². The molecule has 3 aliphatic rings. The van der Waals surface area contributed by atoms with Crippen LogP contribution in [0.1, 0.15) is 71.3 Å². The van der Waals surface area contributed by atoms with Crippen LogP contribution in [0.25, 0.3) is 0 Å². The van der Waals surface area contributed by atoms with Crippen molar-refractivity contribution in [3.05, 3.63) is 71.2 Å². The topological polar surface area (TPSA) is 78.8 Å². The summed E-state index contributed by atoms with van der Waals surface area (Å²) in [5, 5.41) is 14.9. The molecule has 1 aromatic rings. The Kier molecular flexibility index (Phi) is 9.36. The number of fused-ring (bicyclic) bond motifs is 1. The van der Waals surface area contributed by atoms with Crippen LogP contribution in [0.15, 0.2) is 70.6 Å². The lowest BCUT2D eigenvalue weighted by atomic mass is 9.46. The smallest absolute Gasteiger partial charge is 0.210 e. The molecule has 0 aliphatic heterocycles. The average molecular weight is 551 g/mol. The van der Waals surface area contributed by atoms with Crippen LogP contribution in [0.5, 0.6) is 0 Å². The number of carbonyl (C=O) groups excluding carboxylic acids is 1. The molecule has 5 unspecified atom stereocenters. The molecule has 0 radical (unpaired) electrons. The molecule has 212 valence electrons. The lowest BCUT2D eigenvalue weighted by molar-refractivity contribution is -0.111. The molecule has 0 heterocycles. The number of aliphatic imine (C=N–C) groups is 1. The van der Waals surface area contributed by atoms with Gasteiger partial charge in [0, 0.05) is 41.5 Å². The Labute approximate surface area is 237 Å². The van der Waals surface area contributed by atoms with Gasteiger partial charge in [-0.05, 0) is 85.7 Å². The normalized spacial score (nSPS) is 31.2. The molecule has 0 spiro atoms. The Bertz CT molecular complexity index is 1200. The SMILES string of the molecule is C=C1CCCC2C1(C)CCC(C)C2(C)CC1=C(O)C(NCCc2ccccc2)=CC(=NCCCS(C)=O)C1=O. The van der Waals surface area contributed by atoms with E-state index in [1.54, 1.807) is 12.3 Å². The van der Waals surface area contributed by atoms with Crippen LogP contribution in [0, 0.1) is 22.7 Å². The molecular formula is C33H46N2O3S. The van der Waals surface area contributed by atoms with Gasteiger partial charge in [0.25, 0.3) is 0 Å². The molecule has 5 nitrogen and oxygen atoms in total. The van der Waals surface area contributed by atoms with Gasteiger partial charge in [-0.3, -0.25) is 14.0 Å². The maximum absolute atomic E-state index is 13.8. The first-order valence-electron chi connectivity index (χ1n) is 14.6. The summed E-state index contributed by atoms with van der Waals surface area (Å²) in [4.78, 5) is 18.5. The van der Waals surface area contributed by atoms with Gasteiger partial charge in [-0.15, -0.1) is 0 Å². The highest BCUT2D eigenvalue weighted by molar-refractivity contribution is 7.84. The summed E-state index contributed by atoms with van der Waals surface area (Å²) in [6.45, 7) is 12.6. The number of Topliss-reactive ketones (excluding diaryl/α,β-unsaturated/α-hetero) is 1. The minimum absolute atomic E-state index is 0.0667. The summed E-state index contributed by atoms with van der Waals surface area (Å²) < 4.78 is 11.5. The standard InChI is InChI=1S/C33H46N2O3S/c1-23-11-9-14-29-32(23,3)17-15-24(2)33(29,4)22-26-30(36)27(34-18-10-20-39(5)38)21-28(31(26)37)35-19-16-25-12-7-6-8-13-25/h6-8,12-13,21,24,29,35,37H,1,9-11,14-20,22H2,2-5H3. The van der Waals surface area contributed by atoms with Gasteiger partial charge in [0.2, 0.25) is 5.78 Å². The molecule has 0 aromatic heterocycles. The van der Waals surface area contributed by atoms with Gasteiger partial charge in [-0.1, -0.05) is 63.3 Å². The maximum Gasteiger partial charge on any atom is 0.210 e. The summed E-state index contributed by atoms with van der Waals surface area (Å²) >= 11 is 0. The van der Waals surface area contributed by atoms with Crippen molar-refractivity contribution < 1.29 is 14.1 Å². The Balaban J connectivity index is 1.63. The monoisotopic (exact) mass is 550 g/mol. The zero-order chi connectivity index (χ0) is 28.2. The molecule has 0 saturated heterocycles. The van der Waals surface area contributed by atoms with Crippen molar-refractivity contribution in [2.45, 2.75) is 72.1 Å². The van der Waals surface area contributed by atoms with Crippen LogP contribution >= 0.6 is 0 Å². The highest BCUT2D eigenvalue weighted by Crippen LogP contribution is 2.63. The van der Waals surface area contributed by atoms with Crippen molar-refractivity contribution in [1.82, 2.24) is 5.32 Å².